The van der Waals surface area contributed by atoms with E-state index in [9.17, 15) is 106 Å². The monoisotopic (exact) mass is 740 g/mol. The molecule has 0 radical (unpaired) electrons. The van der Waals surface area contributed by atoms with Crippen molar-refractivity contribution in [1.29, 1.82) is 0 Å². The van der Waals surface area contributed by atoms with Gasteiger partial charge in [0, 0.05) is 24.0 Å². The fraction of sp³-hybridized carbons (Fsp3) is 0.778. The second-order valence-electron chi connectivity index (χ2n) is 8.39. The van der Waals surface area contributed by atoms with E-state index in [2.05, 4.69) is 0 Å². The molecule has 0 saturated heterocycles. The number of carboxylic acids is 2. The van der Waals surface area contributed by atoms with Gasteiger partial charge in [0.2, 0.25) is 0 Å². The van der Waals surface area contributed by atoms with Crippen LogP contribution in [0.25, 0.3) is 0 Å². The summed E-state index contributed by atoms with van der Waals surface area (Å²) in [4.78, 5) is 22.4. The molecule has 0 aromatic carbocycles. The summed E-state index contributed by atoms with van der Waals surface area (Å²) in [7, 11) is 0. The summed E-state index contributed by atoms with van der Waals surface area (Å²) in [5, 5.41) is 17.8. The molecule has 0 aromatic heterocycles. The molecular formula is C18H10F22O6. The average Bonchev–Trinajstić information content (AvgIpc) is 2.77. The lowest BCUT2D eigenvalue weighted by atomic mass is 9.95. The highest BCUT2D eigenvalue weighted by molar-refractivity contribution is 5.98. The third-order valence-corrected chi connectivity index (χ3v) is 5.07. The first-order valence-electron chi connectivity index (χ1n) is 10.5. The summed E-state index contributed by atoms with van der Waals surface area (Å²) >= 11 is 0. The van der Waals surface area contributed by atoms with E-state index in [1.54, 1.807) is 9.47 Å². The molecule has 2 N–H and O–H groups in total. The lowest BCUT2D eigenvalue weighted by molar-refractivity contribution is -0.496. The highest BCUT2D eigenvalue weighted by Crippen LogP contribution is 2.53. The van der Waals surface area contributed by atoms with Gasteiger partial charge in [-0.25, -0.2) is 19.1 Å². The molecule has 0 bridgehead atoms. The number of aliphatic carboxylic acids is 2. The molecule has 0 heterocycles. The van der Waals surface area contributed by atoms with Crippen molar-refractivity contribution in [2.24, 2.45) is 0 Å². The Balaban J connectivity index is 6.33. The molecule has 0 aliphatic carbocycles. The van der Waals surface area contributed by atoms with Crippen molar-refractivity contribution in [1.82, 2.24) is 0 Å². The Morgan fingerprint density at radius 3 is 0.804 bits per heavy atom. The van der Waals surface area contributed by atoms with Crippen LogP contribution in [0.5, 0.6) is 0 Å². The second kappa shape index (κ2) is 12.6. The molecule has 0 unspecified atom stereocenters. The van der Waals surface area contributed by atoms with Crippen molar-refractivity contribution in [3.05, 3.63) is 11.1 Å². The van der Waals surface area contributed by atoms with Gasteiger partial charge in [-0.3, -0.25) is 0 Å². The van der Waals surface area contributed by atoms with Crippen molar-refractivity contribution in [3.63, 3.8) is 0 Å². The van der Waals surface area contributed by atoms with Crippen LogP contribution < -0.4 is 0 Å². The van der Waals surface area contributed by atoms with Gasteiger partial charge in [0.15, 0.2) is 0 Å². The van der Waals surface area contributed by atoms with E-state index in [0.29, 0.717) is 0 Å². The maximum Gasteiger partial charge on any atom is 0.462 e. The average molecular weight is 740 g/mol. The van der Waals surface area contributed by atoms with E-state index < -0.39 is 109 Å². The lowest BCUT2D eigenvalue weighted by Crippen LogP contribution is -2.58. The van der Waals surface area contributed by atoms with Gasteiger partial charge in [-0.05, 0) is 12.8 Å². The first kappa shape index (κ1) is 43.1. The zero-order valence-corrected chi connectivity index (χ0v) is 20.7. The Hall–Kier alpha value is -2.94. The van der Waals surface area contributed by atoms with Crippen molar-refractivity contribution in [2.75, 3.05) is 0 Å². The molecule has 6 nitrogen and oxygen atoms in total. The third-order valence-electron chi connectivity index (χ3n) is 5.07. The van der Waals surface area contributed by atoms with Gasteiger partial charge in [-0.15, -0.1) is 0 Å². The van der Waals surface area contributed by atoms with Crippen LogP contribution in [0.3, 0.4) is 0 Å². The Bertz CT molecular complexity index is 1060. The number of halogens is 22. The van der Waals surface area contributed by atoms with Crippen molar-refractivity contribution in [2.45, 2.75) is 86.2 Å². The van der Waals surface area contributed by atoms with Gasteiger partial charge in [0.25, 0.3) is 0 Å². The highest BCUT2D eigenvalue weighted by Gasteiger charge is 2.79. The normalized spacial score (nSPS) is 16.0. The Labute approximate surface area is 236 Å². The second-order valence-corrected chi connectivity index (χ2v) is 8.39. The molecule has 272 valence electrons. The van der Waals surface area contributed by atoms with Crippen molar-refractivity contribution >= 4 is 11.9 Å². The number of hydrogen-bond acceptors (Lipinski definition) is 4. The number of ether oxygens (including phenoxy) is 2. The van der Waals surface area contributed by atoms with E-state index in [1.807, 2.05) is 0 Å². The first-order valence-corrected chi connectivity index (χ1v) is 10.5. The van der Waals surface area contributed by atoms with Crippen molar-refractivity contribution < 1.29 is 126 Å². The van der Waals surface area contributed by atoms with Crippen molar-refractivity contribution in [3.8, 4) is 0 Å². The minimum absolute atomic E-state index is 1.65. The van der Waals surface area contributed by atoms with Crippen LogP contribution in [-0.2, 0) is 19.1 Å². The highest BCUT2D eigenvalue weighted by atomic mass is 19.4. The lowest BCUT2D eigenvalue weighted by Gasteiger charge is -2.33. The van der Waals surface area contributed by atoms with Gasteiger partial charge >= 0.3 is 72.4 Å². The fourth-order valence-corrected chi connectivity index (χ4v) is 2.56. The Kier molecular flexibility index (Phi) is 11.8. The summed E-state index contributed by atoms with van der Waals surface area (Å²) < 4.78 is 288. The quantitative estimate of drug-likeness (QED) is 0.123. The first-order chi connectivity index (χ1) is 19.7. The number of carbonyl (C=O) groups is 2. The summed E-state index contributed by atoms with van der Waals surface area (Å²) in [6, 6.07) is 0. The van der Waals surface area contributed by atoms with Crippen LogP contribution in [0.1, 0.15) is 25.7 Å². The van der Waals surface area contributed by atoms with Crippen LogP contribution in [-0.4, -0.2) is 82.6 Å². The van der Waals surface area contributed by atoms with Crippen LogP contribution in [0, 0.1) is 0 Å². The van der Waals surface area contributed by atoms with Gasteiger partial charge in [0.05, 0.1) is 0 Å². The van der Waals surface area contributed by atoms with Crippen LogP contribution in [0.15, 0.2) is 11.1 Å². The minimum atomic E-state index is -7.59. The third kappa shape index (κ3) is 8.69. The molecule has 0 aliphatic rings. The summed E-state index contributed by atoms with van der Waals surface area (Å²) in [5.74, 6) is -34.1. The number of alkyl halides is 22. The van der Waals surface area contributed by atoms with Gasteiger partial charge in [-0.2, -0.15) is 96.6 Å². The summed E-state index contributed by atoms with van der Waals surface area (Å²) in [6.45, 7) is 0. The standard InChI is InChI=1S/C18H10F22O6/c19-9(20,15(33,34)45-17(37,38)11(23,24)13(27,28)29)3-1-5(7(41)42)6(8(43)44)2-4-10(21,22)16(35,36)46-18(39,40)12(25,26)14(30,31)32/h1-4H2,(H,41,42)(H,43,44). The molecule has 0 rings (SSSR count). The van der Waals surface area contributed by atoms with Gasteiger partial charge in [-0.1, -0.05) is 0 Å². The molecule has 46 heavy (non-hydrogen) atoms. The largest absolute Gasteiger partial charge is 0.478 e. The van der Waals surface area contributed by atoms with E-state index in [0.717, 1.165) is 0 Å². The number of rotatable bonds is 16. The molecule has 0 spiro atoms. The maximum atomic E-state index is 13.8. The van der Waals surface area contributed by atoms with Crippen LogP contribution >= 0.6 is 0 Å². The zero-order valence-electron chi connectivity index (χ0n) is 20.7. The van der Waals surface area contributed by atoms with E-state index in [-0.39, 0.29) is 0 Å². The number of carboxylic acid groups (broad SMARTS) is 2. The predicted octanol–water partition coefficient (Wildman–Crippen LogP) is 8.08. The molecule has 0 aromatic rings. The topological polar surface area (TPSA) is 93.1 Å². The summed E-state index contributed by atoms with van der Waals surface area (Å²) in [6.07, 6.45) is -55.3. The molecule has 0 fully saturated rings. The van der Waals surface area contributed by atoms with E-state index in [4.69, 9.17) is 10.2 Å². The maximum absolute atomic E-state index is 13.8. The zero-order chi connectivity index (χ0) is 37.6. The van der Waals surface area contributed by atoms with Gasteiger partial charge < -0.3 is 10.2 Å². The molecular weight excluding hydrogens is 730 g/mol. The van der Waals surface area contributed by atoms with Crippen LogP contribution in [0.4, 0.5) is 96.6 Å². The van der Waals surface area contributed by atoms with Gasteiger partial charge in [0.1, 0.15) is 0 Å². The summed E-state index contributed by atoms with van der Waals surface area (Å²) in [5.41, 5.74) is -4.71. The van der Waals surface area contributed by atoms with E-state index in [1.165, 1.54) is 0 Å². The molecule has 0 amide bonds. The SMILES string of the molecule is O=C(O)C(CCC(F)(F)C(F)(F)OC(F)(F)C(F)(F)C(F)(F)F)=C(CCC(F)(F)C(F)(F)OC(F)(F)C(F)(F)C(F)(F)F)C(=O)O. The predicted molar refractivity (Wildman–Crippen MR) is 94.6 cm³/mol. The van der Waals surface area contributed by atoms with E-state index >= 15 is 0 Å². The Morgan fingerprint density at radius 2 is 0.630 bits per heavy atom. The molecule has 0 atom stereocenters. The molecule has 0 aliphatic heterocycles. The Morgan fingerprint density at radius 1 is 0.413 bits per heavy atom. The smallest absolute Gasteiger partial charge is 0.462 e. The minimum Gasteiger partial charge on any atom is -0.478 e. The van der Waals surface area contributed by atoms with Crippen LogP contribution in [0.2, 0.25) is 0 Å². The molecule has 0 saturated carbocycles. The molecule has 28 heteroatoms. The number of hydrogen-bond donors (Lipinski definition) is 2. The fourth-order valence-electron chi connectivity index (χ4n) is 2.56.